The van der Waals surface area contributed by atoms with E-state index in [-0.39, 0.29) is 18.9 Å². The van der Waals surface area contributed by atoms with Crippen molar-refractivity contribution in [3.8, 4) is 0 Å². The molecular weight excluding hydrogens is 1060 g/mol. The number of aliphatic hydroxyl groups is 8. The molecule has 476 valence electrons. The van der Waals surface area contributed by atoms with Crippen molar-refractivity contribution >= 4 is 5.91 Å². The van der Waals surface area contributed by atoms with Gasteiger partial charge in [-0.3, -0.25) is 4.79 Å². The fourth-order valence-corrected chi connectivity index (χ4v) is 9.38. The van der Waals surface area contributed by atoms with E-state index in [9.17, 15) is 45.6 Å². The van der Waals surface area contributed by atoms with Crippen molar-refractivity contribution < 1.29 is 64.6 Å². The predicted octanol–water partition coefficient (Wildman–Crippen LogP) is 12.1. The third-order valence-electron chi connectivity index (χ3n) is 14.5. The Morgan fingerprint density at radius 1 is 0.440 bits per heavy atom. The first-order valence-electron chi connectivity index (χ1n) is 32.1. The minimum Gasteiger partial charge on any atom is -0.394 e. The number of ether oxygens (including phenoxy) is 4. The zero-order chi connectivity index (χ0) is 60.9. The van der Waals surface area contributed by atoms with E-state index < -0.39 is 86.8 Å². The molecule has 2 fully saturated rings. The molecule has 1 amide bonds. The summed E-state index contributed by atoms with van der Waals surface area (Å²) in [5.74, 6) is -0.317. The lowest BCUT2D eigenvalue weighted by molar-refractivity contribution is -0.359. The first-order valence-corrected chi connectivity index (χ1v) is 32.1. The summed E-state index contributed by atoms with van der Waals surface area (Å²) in [6.45, 7) is 2.61. The van der Waals surface area contributed by atoms with Gasteiger partial charge in [-0.1, -0.05) is 224 Å². The molecule has 12 unspecified atom stereocenters. The van der Waals surface area contributed by atoms with Crippen LogP contribution in [0.25, 0.3) is 0 Å². The van der Waals surface area contributed by atoms with Crippen LogP contribution in [-0.4, -0.2) is 140 Å². The van der Waals surface area contributed by atoms with Gasteiger partial charge in [-0.25, -0.2) is 0 Å². The maximum absolute atomic E-state index is 13.3. The van der Waals surface area contributed by atoms with E-state index in [2.05, 4.69) is 147 Å². The molecule has 0 aromatic carbocycles. The number of amides is 1. The molecule has 2 rings (SSSR count). The Morgan fingerprint density at radius 2 is 0.833 bits per heavy atom. The highest BCUT2D eigenvalue weighted by atomic mass is 16.7. The molecule has 9 N–H and O–H groups in total. The van der Waals surface area contributed by atoms with Crippen molar-refractivity contribution in [2.45, 2.75) is 267 Å². The fourth-order valence-electron chi connectivity index (χ4n) is 9.38. The third kappa shape index (κ3) is 37.4. The Kier molecular flexibility index (Phi) is 48.1. The van der Waals surface area contributed by atoms with Gasteiger partial charge in [0.15, 0.2) is 12.6 Å². The summed E-state index contributed by atoms with van der Waals surface area (Å²) >= 11 is 0. The van der Waals surface area contributed by atoms with E-state index in [0.717, 1.165) is 83.5 Å². The molecule has 12 atom stereocenters. The van der Waals surface area contributed by atoms with Crippen LogP contribution in [0.1, 0.15) is 194 Å². The lowest BCUT2D eigenvalue weighted by Crippen LogP contribution is -2.65. The summed E-state index contributed by atoms with van der Waals surface area (Å²) in [6.07, 6.45) is 63.2. The van der Waals surface area contributed by atoms with E-state index in [1.165, 1.54) is 70.6 Å². The minimum atomic E-state index is -1.81. The number of unbranched alkanes of at least 4 members (excludes halogenated alkanes) is 14. The molecule has 0 radical (unpaired) electrons. The van der Waals surface area contributed by atoms with Gasteiger partial charge in [0.1, 0.15) is 48.8 Å². The van der Waals surface area contributed by atoms with E-state index in [4.69, 9.17) is 18.9 Å². The van der Waals surface area contributed by atoms with Gasteiger partial charge in [0.2, 0.25) is 5.91 Å². The molecule has 0 aromatic heterocycles. The standard InChI is InChI=1S/C70H113NO13/c1-3-5-7-9-11-13-15-17-19-21-23-25-26-27-28-29-30-31-32-34-36-38-40-42-44-46-48-50-52-54-62(75)71-58(59(74)53-51-49-47-45-43-41-39-37-35-33-24-22-20-18-16-14-12-10-8-6-4-2)57-81-69-67(80)65(78)68(61(56-73)83-69)84-70-66(79)64(77)63(76)60(55-72)82-70/h5,7,11,13,17,19,23,25,27-28,30-31,34-37,40,42-43,45-46,48,51,53,58-61,63-70,72-74,76-80H,3-4,6,8-10,12,14-16,18,20-22,24,26,29,32-33,38-39,41,44,47,49-50,52,54-57H2,1-2H3,(H,71,75)/b7-5-,13-11-,19-17-,25-23-,28-27-,31-30-,36-34-,37-35+,42-40-,45-43+,48-46-,53-51+. The Labute approximate surface area is 506 Å². The highest BCUT2D eigenvalue weighted by molar-refractivity contribution is 5.76. The third-order valence-corrected chi connectivity index (χ3v) is 14.5. The van der Waals surface area contributed by atoms with Gasteiger partial charge in [-0.05, 0) is 109 Å². The molecular formula is C70H113NO13. The van der Waals surface area contributed by atoms with Crippen molar-refractivity contribution in [1.82, 2.24) is 5.32 Å². The van der Waals surface area contributed by atoms with E-state index in [0.29, 0.717) is 19.3 Å². The van der Waals surface area contributed by atoms with Gasteiger partial charge in [0, 0.05) is 6.42 Å². The molecule has 0 aromatic rings. The largest absolute Gasteiger partial charge is 0.394 e. The van der Waals surface area contributed by atoms with Crippen molar-refractivity contribution in [3.05, 3.63) is 146 Å². The molecule has 2 saturated heterocycles. The van der Waals surface area contributed by atoms with Crippen LogP contribution in [0.3, 0.4) is 0 Å². The Hall–Kier alpha value is -4.13. The SMILES string of the molecule is CC/C=C\C/C=C\C/C=C\C/C=C\C/C=C\C/C=C\C/C=C\C/C=C\C/C=C\CCCC(=O)NC(COC1OC(CO)C(OC2OC(CO)C(O)C(O)C2O)C(O)C1O)C(O)/C=C/CC/C=C/CC/C=C/CCCCCCCCCCCCC. The summed E-state index contributed by atoms with van der Waals surface area (Å²) in [7, 11) is 0. The second-order valence-corrected chi connectivity index (χ2v) is 21.8. The number of hydrogen-bond acceptors (Lipinski definition) is 13. The van der Waals surface area contributed by atoms with Crippen LogP contribution < -0.4 is 5.32 Å². The predicted molar refractivity (Wildman–Crippen MR) is 341 cm³/mol. The molecule has 0 bridgehead atoms. The minimum absolute atomic E-state index is 0.179. The highest BCUT2D eigenvalue weighted by Gasteiger charge is 2.51. The van der Waals surface area contributed by atoms with Crippen LogP contribution in [0.15, 0.2) is 146 Å². The van der Waals surface area contributed by atoms with Crippen LogP contribution in [0.4, 0.5) is 0 Å². The normalized spacial score (nSPS) is 24.7. The molecule has 2 aliphatic rings. The Morgan fingerprint density at radius 3 is 1.31 bits per heavy atom. The van der Waals surface area contributed by atoms with E-state index in [1.54, 1.807) is 6.08 Å². The number of carbonyl (C=O) groups is 1. The van der Waals surface area contributed by atoms with Gasteiger partial charge < -0.3 is 65.1 Å². The summed E-state index contributed by atoms with van der Waals surface area (Å²) in [6, 6.07) is -0.981. The monoisotopic (exact) mass is 1180 g/mol. The molecule has 2 aliphatic heterocycles. The van der Waals surface area contributed by atoms with E-state index in [1.807, 2.05) is 12.2 Å². The number of aliphatic hydroxyl groups excluding tert-OH is 8. The van der Waals surface area contributed by atoms with Crippen LogP contribution in [0, 0.1) is 0 Å². The smallest absolute Gasteiger partial charge is 0.220 e. The van der Waals surface area contributed by atoms with Crippen LogP contribution in [0.5, 0.6) is 0 Å². The van der Waals surface area contributed by atoms with Crippen molar-refractivity contribution in [2.24, 2.45) is 0 Å². The lowest BCUT2D eigenvalue weighted by atomic mass is 9.97. The number of carbonyl (C=O) groups excluding carboxylic acids is 1. The van der Waals surface area contributed by atoms with Gasteiger partial charge in [-0.15, -0.1) is 0 Å². The average molecular weight is 1180 g/mol. The van der Waals surface area contributed by atoms with Crippen LogP contribution in [-0.2, 0) is 23.7 Å². The van der Waals surface area contributed by atoms with Crippen molar-refractivity contribution in [3.63, 3.8) is 0 Å². The zero-order valence-corrected chi connectivity index (χ0v) is 51.3. The molecule has 0 saturated carbocycles. The van der Waals surface area contributed by atoms with Gasteiger partial charge >= 0.3 is 0 Å². The zero-order valence-electron chi connectivity index (χ0n) is 51.3. The second-order valence-electron chi connectivity index (χ2n) is 21.8. The molecule has 0 spiro atoms. The second kappa shape index (κ2) is 53.1. The van der Waals surface area contributed by atoms with Crippen LogP contribution in [0.2, 0.25) is 0 Å². The molecule has 14 nitrogen and oxygen atoms in total. The molecule has 84 heavy (non-hydrogen) atoms. The fraction of sp³-hybridized carbons (Fsp3) is 0.643. The molecule has 14 heteroatoms. The first-order chi connectivity index (χ1) is 41.1. The average Bonchev–Trinajstić information content (AvgIpc) is 3.24. The Bertz CT molecular complexity index is 1970. The maximum Gasteiger partial charge on any atom is 0.220 e. The lowest BCUT2D eigenvalue weighted by Gasteiger charge is -2.46. The molecule has 2 heterocycles. The number of allylic oxidation sites excluding steroid dienone is 23. The Balaban J connectivity index is 1.80. The van der Waals surface area contributed by atoms with Gasteiger partial charge in [0.25, 0.3) is 0 Å². The van der Waals surface area contributed by atoms with E-state index >= 15 is 0 Å². The maximum atomic E-state index is 13.3. The van der Waals surface area contributed by atoms with Crippen molar-refractivity contribution in [1.29, 1.82) is 0 Å². The number of hydrogen-bond donors (Lipinski definition) is 9. The van der Waals surface area contributed by atoms with Gasteiger partial charge in [-0.2, -0.15) is 0 Å². The van der Waals surface area contributed by atoms with Crippen LogP contribution >= 0.6 is 0 Å². The first kappa shape index (κ1) is 76.0. The number of nitrogens with one attached hydrogen (secondary N) is 1. The highest BCUT2D eigenvalue weighted by Crippen LogP contribution is 2.30. The summed E-state index contributed by atoms with van der Waals surface area (Å²) in [5.41, 5.74) is 0. The quantitative estimate of drug-likeness (QED) is 0.0204. The summed E-state index contributed by atoms with van der Waals surface area (Å²) in [5, 5.41) is 87.2. The summed E-state index contributed by atoms with van der Waals surface area (Å²) < 4.78 is 22.7. The summed E-state index contributed by atoms with van der Waals surface area (Å²) in [4.78, 5) is 13.3. The topological polar surface area (TPSA) is 228 Å². The van der Waals surface area contributed by atoms with Gasteiger partial charge in [0.05, 0.1) is 32.0 Å². The molecule has 0 aliphatic carbocycles. The van der Waals surface area contributed by atoms with Crippen molar-refractivity contribution in [2.75, 3.05) is 19.8 Å². The number of rotatable bonds is 49.